The molecule has 1 rings (SSSR count). The maximum Gasteiger partial charge on any atom is 0.345 e. The van der Waals surface area contributed by atoms with Crippen molar-refractivity contribution in [1.29, 1.82) is 0 Å². The van der Waals surface area contributed by atoms with Crippen molar-refractivity contribution in [3.8, 4) is 0 Å². The van der Waals surface area contributed by atoms with Gasteiger partial charge < -0.3 is 5.11 Å². The van der Waals surface area contributed by atoms with Crippen molar-refractivity contribution in [2.24, 2.45) is 0 Å². The van der Waals surface area contributed by atoms with Crippen molar-refractivity contribution in [2.75, 3.05) is 19.1 Å². The van der Waals surface area contributed by atoms with E-state index in [9.17, 15) is 13.2 Å². The van der Waals surface area contributed by atoms with Gasteiger partial charge in [-0.2, -0.15) is 16.1 Å². The van der Waals surface area contributed by atoms with Gasteiger partial charge in [0.1, 0.15) is 9.77 Å². The number of carboxylic acid groups (broad SMARTS) is 1. The number of rotatable bonds is 6. The Hall–Kier alpha value is -0.0900. The van der Waals surface area contributed by atoms with Crippen LogP contribution in [0.1, 0.15) is 16.6 Å². The lowest BCUT2D eigenvalue weighted by Gasteiger charge is -2.23. The minimum Gasteiger partial charge on any atom is -0.477 e. The van der Waals surface area contributed by atoms with Gasteiger partial charge in [-0.3, -0.25) is 0 Å². The third-order valence-corrected chi connectivity index (χ3v) is 7.58. The van der Waals surface area contributed by atoms with Crippen LogP contribution in [0, 0.1) is 0 Å². The Balaban J connectivity index is 3.16. The summed E-state index contributed by atoms with van der Waals surface area (Å²) < 4.78 is 26.4. The highest BCUT2D eigenvalue weighted by Crippen LogP contribution is 2.33. The molecule has 0 aliphatic carbocycles. The molecular formula is C10H14BrNO4S3. The van der Waals surface area contributed by atoms with Crippen LogP contribution in [-0.2, 0) is 10.0 Å². The molecule has 0 radical (unpaired) electrons. The molecular weight excluding hydrogens is 374 g/mol. The number of hydrogen-bond acceptors (Lipinski definition) is 5. The molecule has 0 saturated carbocycles. The van der Waals surface area contributed by atoms with E-state index in [2.05, 4.69) is 15.9 Å². The molecule has 1 aromatic rings. The average Bonchev–Trinajstić information content (AvgIpc) is 2.71. The van der Waals surface area contributed by atoms with Gasteiger partial charge in [-0.1, -0.05) is 0 Å². The van der Waals surface area contributed by atoms with Gasteiger partial charge in [0.15, 0.2) is 0 Å². The second-order valence-corrected chi connectivity index (χ2v) is 9.13. The molecule has 1 aromatic heterocycles. The fourth-order valence-electron chi connectivity index (χ4n) is 1.37. The molecule has 0 saturated heterocycles. The maximum atomic E-state index is 12.4. The lowest BCUT2D eigenvalue weighted by Crippen LogP contribution is -2.36. The van der Waals surface area contributed by atoms with E-state index in [0.29, 0.717) is 9.54 Å². The summed E-state index contributed by atoms with van der Waals surface area (Å²) in [7, 11) is -2.18. The third-order valence-electron chi connectivity index (χ3n) is 2.55. The number of thioether (sulfide) groups is 1. The number of carbonyl (C=O) groups is 1. The Labute approximate surface area is 129 Å². The maximum absolute atomic E-state index is 12.4. The lowest BCUT2D eigenvalue weighted by molar-refractivity contribution is 0.0702. The fourth-order valence-corrected chi connectivity index (χ4v) is 5.88. The first-order valence-corrected chi connectivity index (χ1v) is 9.65. The van der Waals surface area contributed by atoms with Crippen LogP contribution in [0.4, 0.5) is 0 Å². The molecule has 0 spiro atoms. The molecule has 108 valence electrons. The minimum absolute atomic E-state index is 0.00336. The third kappa shape index (κ3) is 3.72. The smallest absolute Gasteiger partial charge is 0.345 e. The SMILES string of the molecule is CSCC(C)N(C)S(=O)(=O)c1cc(C(=O)O)sc1Br. The molecule has 1 N–H and O–H groups in total. The Kier molecular flexibility index (Phi) is 5.87. The molecule has 19 heavy (non-hydrogen) atoms. The first-order chi connectivity index (χ1) is 8.71. The Morgan fingerprint density at radius 3 is 2.63 bits per heavy atom. The van der Waals surface area contributed by atoms with Gasteiger partial charge >= 0.3 is 5.97 Å². The normalized spacial score (nSPS) is 13.7. The van der Waals surface area contributed by atoms with E-state index >= 15 is 0 Å². The molecule has 1 unspecified atom stereocenters. The summed E-state index contributed by atoms with van der Waals surface area (Å²) in [6, 6.07) is 1.02. The van der Waals surface area contributed by atoms with Crippen molar-refractivity contribution in [2.45, 2.75) is 17.9 Å². The van der Waals surface area contributed by atoms with E-state index in [1.165, 1.54) is 17.4 Å². The predicted molar refractivity (Wildman–Crippen MR) is 81.8 cm³/mol. The van der Waals surface area contributed by atoms with Crippen molar-refractivity contribution in [3.63, 3.8) is 0 Å². The molecule has 0 bridgehead atoms. The molecule has 9 heteroatoms. The van der Waals surface area contributed by atoms with E-state index in [1.807, 2.05) is 13.2 Å². The summed E-state index contributed by atoms with van der Waals surface area (Å²) in [5.74, 6) is -0.463. The molecule has 0 aliphatic heterocycles. The standard InChI is InChI=1S/C10H14BrNO4S3/c1-6(5-17-3)12(2)19(15,16)8-4-7(10(13)14)18-9(8)11/h4,6H,5H2,1-3H3,(H,13,14). The number of carboxylic acids is 1. The molecule has 0 amide bonds. The molecule has 5 nitrogen and oxygen atoms in total. The van der Waals surface area contributed by atoms with E-state index < -0.39 is 16.0 Å². The van der Waals surface area contributed by atoms with Crippen LogP contribution in [0.25, 0.3) is 0 Å². The number of halogens is 1. The lowest BCUT2D eigenvalue weighted by atomic mass is 10.4. The quantitative estimate of drug-likeness (QED) is 0.811. The van der Waals surface area contributed by atoms with Crippen LogP contribution in [0.3, 0.4) is 0 Å². The Morgan fingerprint density at radius 1 is 1.63 bits per heavy atom. The zero-order valence-corrected chi connectivity index (χ0v) is 14.6. The van der Waals surface area contributed by atoms with Crippen LogP contribution >= 0.6 is 39.0 Å². The number of nitrogens with zero attached hydrogens (tertiary/aromatic N) is 1. The number of hydrogen-bond donors (Lipinski definition) is 1. The van der Waals surface area contributed by atoms with Gasteiger partial charge in [0, 0.05) is 18.8 Å². The zero-order valence-electron chi connectivity index (χ0n) is 10.6. The second kappa shape index (κ2) is 6.57. The predicted octanol–water partition coefficient (Wildman–Crippen LogP) is 2.58. The monoisotopic (exact) mass is 387 g/mol. The molecule has 1 heterocycles. The van der Waals surface area contributed by atoms with E-state index in [1.54, 1.807) is 11.8 Å². The van der Waals surface area contributed by atoms with Gasteiger partial charge in [-0.15, -0.1) is 11.3 Å². The van der Waals surface area contributed by atoms with Gasteiger partial charge in [0.25, 0.3) is 0 Å². The van der Waals surface area contributed by atoms with Crippen molar-refractivity contribution in [3.05, 3.63) is 14.7 Å². The average molecular weight is 388 g/mol. The van der Waals surface area contributed by atoms with Gasteiger partial charge in [-0.25, -0.2) is 13.2 Å². The van der Waals surface area contributed by atoms with Crippen LogP contribution in [-0.4, -0.2) is 48.9 Å². The number of sulfonamides is 1. The van der Waals surface area contributed by atoms with Crippen molar-refractivity contribution >= 4 is 55.0 Å². The number of aromatic carboxylic acids is 1. The second-order valence-electron chi connectivity index (χ2n) is 3.88. The van der Waals surface area contributed by atoms with Gasteiger partial charge in [0.05, 0.1) is 3.79 Å². The molecule has 0 aromatic carbocycles. The van der Waals surface area contributed by atoms with Crippen LogP contribution < -0.4 is 0 Å². The summed E-state index contributed by atoms with van der Waals surface area (Å²) in [4.78, 5) is 10.9. The summed E-state index contributed by atoms with van der Waals surface area (Å²) >= 11 is 5.57. The van der Waals surface area contributed by atoms with E-state index in [4.69, 9.17) is 5.11 Å². The molecule has 0 aliphatic rings. The Morgan fingerprint density at radius 2 is 2.21 bits per heavy atom. The highest BCUT2D eigenvalue weighted by molar-refractivity contribution is 9.11. The largest absolute Gasteiger partial charge is 0.477 e. The zero-order chi connectivity index (χ0) is 14.8. The fraction of sp³-hybridized carbons (Fsp3) is 0.500. The van der Waals surface area contributed by atoms with E-state index in [-0.39, 0.29) is 15.8 Å². The Bertz CT molecular complexity index is 569. The molecule has 1 atom stereocenters. The highest BCUT2D eigenvalue weighted by Gasteiger charge is 2.29. The van der Waals surface area contributed by atoms with Gasteiger partial charge in [0.2, 0.25) is 10.0 Å². The number of thiophene rings is 1. The summed E-state index contributed by atoms with van der Waals surface area (Å²) in [6.07, 6.45) is 1.90. The van der Waals surface area contributed by atoms with Crippen molar-refractivity contribution < 1.29 is 18.3 Å². The van der Waals surface area contributed by atoms with Crippen LogP contribution in [0.15, 0.2) is 14.7 Å². The van der Waals surface area contributed by atoms with E-state index in [0.717, 1.165) is 11.3 Å². The van der Waals surface area contributed by atoms with Crippen LogP contribution in [0.2, 0.25) is 0 Å². The summed E-state index contributed by atoms with van der Waals surface area (Å²) in [5.41, 5.74) is 0. The molecule has 0 fully saturated rings. The first kappa shape index (κ1) is 17.0. The topological polar surface area (TPSA) is 74.7 Å². The first-order valence-electron chi connectivity index (χ1n) is 5.21. The van der Waals surface area contributed by atoms with Gasteiger partial charge in [-0.05, 0) is 35.2 Å². The van der Waals surface area contributed by atoms with Crippen LogP contribution in [0.5, 0.6) is 0 Å². The van der Waals surface area contributed by atoms with Crippen molar-refractivity contribution in [1.82, 2.24) is 4.31 Å². The summed E-state index contributed by atoms with van der Waals surface area (Å²) in [6.45, 7) is 1.81. The summed E-state index contributed by atoms with van der Waals surface area (Å²) in [5, 5.41) is 8.90. The minimum atomic E-state index is -3.68. The highest BCUT2D eigenvalue weighted by atomic mass is 79.9.